The van der Waals surface area contributed by atoms with E-state index in [4.69, 9.17) is 4.74 Å². The fourth-order valence-electron chi connectivity index (χ4n) is 4.13. The average Bonchev–Trinajstić information content (AvgIpc) is 2.83. The normalized spacial score (nSPS) is 14.0. The molecule has 0 aliphatic carbocycles. The van der Waals surface area contributed by atoms with E-state index in [1.54, 1.807) is 24.3 Å². The lowest BCUT2D eigenvalue weighted by Gasteiger charge is -2.26. The summed E-state index contributed by atoms with van der Waals surface area (Å²) < 4.78 is 32.7. The lowest BCUT2D eigenvalue weighted by Crippen LogP contribution is -2.30. The maximum absolute atomic E-state index is 13.4. The van der Waals surface area contributed by atoms with Crippen LogP contribution in [0.2, 0.25) is 0 Å². The highest BCUT2D eigenvalue weighted by Crippen LogP contribution is 2.29. The molecule has 6 heteroatoms. The van der Waals surface area contributed by atoms with E-state index in [1.807, 2.05) is 12.1 Å². The van der Waals surface area contributed by atoms with Gasteiger partial charge in [0, 0.05) is 11.6 Å². The van der Waals surface area contributed by atoms with Gasteiger partial charge in [-0.25, -0.2) is 13.8 Å². The molecule has 1 fully saturated rings. The molecule has 33 heavy (non-hydrogen) atoms. The van der Waals surface area contributed by atoms with Gasteiger partial charge in [-0.15, -0.1) is 12.4 Å². The molecule has 0 bridgehead atoms. The van der Waals surface area contributed by atoms with Crippen LogP contribution in [0, 0.1) is 11.6 Å². The highest BCUT2D eigenvalue weighted by Gasteiger charge is 2.10. The van der Waals surface area contributed by atoms with Crippen molar-refractivity contribution in [2.75, 3.05) is 26.2 Å². The van der Waals surface area contributed by atoms with Crippen molar-refractivity contribution in [2.45, 2.75) is 38.5 Å². The Bertz CT molecular complexity index is 926. The number of hydrogen-bond acceptors (Lipinski definition) is 3. The quantitative estimate of drug-likeness (QED) is 0.309. The van der Waals surface area contributed by atoms with Crippen molar-refractivity contribution in [1.29, 1.82) is 0 Å². The fourth-order valence-corrected chi connectivity index (χ4v) is 4.13. The van der Waals surface area contributed by atoms with Crippen molar-refractivity contribution in [3.05, 3.63) is 72.3 Å². The van der Waals surface area contributed by atoms with Crippen molar-refractivity contribution < 1.29 is 13.5 Å². The first kappa shape index (κ1) is 25.1. The minimum Gasteiger partial charge on any atom is -0.478 e. The van der Waals surface area contributed by atoms with Crippen molar-refractivity contribution in [2.24, 2.45) is 0 Å². The van der Waals surface area contributed by atoms with Crippen molar-refractivity contribution in [3.8, 4) is 28.3 Å². The van der Waals surface area contributed by atoms with E-state index in [0.29, 0.717) is 18.2 Å². The molecule has 0 amide bonds. The van der Waals surface area contributed by atoms with E-state index in [0.717, 1.165) is 29.5 Å². The number of halogens is 3. The maximum atomic E-state index is 13.4. The summed E-state index contributed by atoms with van der Waals surface area (Å²) in [5.74, 6) is -0.0331. The monoisotopic (exact) mass is 472 g/mol. The second-order valence-electron chi connectivity index (χ2n) is 8.40. The summed E-state index contributed by atoms with van der Waals surface area (Å²) in [5, 5.41) is 0. The number of unbranched alkanes of at least 4 members (excludes halogenated alkanes) is 2. The molecule has 1 aromatic heterocycles. The van der Waals surface area contributed by atoms with Gasteiger partial charge in [-0.1, -0.05) is 18.6 Å². The molecule has 3 nitrogen and oxygen atoms in total. The van der Waals surface area contributed by atoms with Crippen LogP contribution in [0.5, 0.6) is 5.88 Å². The van der Waals surface area contributed by atoms with Crippen LogP contribution in [0.3, 0.4) is 0 Å². The van der Waals surface area contributed by atoms with Gasteiger partial charge in [0.1, 0.15) is 11.6 Å². The molecule has 2 heterocycles. The van der Waals surface area contributed by atoms with Crippen LogP contribution in [-0.2, 0) is 0 Å². The highest BCUT2D eigenvalue weighted by atomic mass is 35.5. The van der Waals surface area contributed by atoms with Crippen molar-refractivity contribution in [1.82, 2.24) is 9.88 Å². The number of aromatic nitrogens is 1. The van der Waals surface area contributed by atoms with Crippen LogP contribution in [0.1, 0.15) is 38.5 Å². The molecule has 2 aromatic carbocycles. The van der Waals surface area contributed by atoms with E-state index >= 15 is 0 Å². The lowest BCUT2D eigenvalue weighted by atomic mass is 10.0. The third-order valence-corrected chi connectivity index (χ3v) is 5.94. The first-order valence-corrected chi connectivity index (χ1v) is 11.6. The number of rotatable bonds is 9. The number of benzene rings is 2. The van der Waals surface area contributed by atoms with E-state index in [1.165, 1.54) is 69.6 Å². The minimum absolute atomic E-state index is 0. The molecule has 1 saturated heterocycles. The molecule has 0 saturated carbocycles. The van der Waals surface area contributed by atoms with Crippen LogP contribution in [0.25, 0.3) is 22.4 Å². The smallest absolute Gasteiger partial charge is 0.214 e. The number of pyridine rings is 1. The average molecular weight is 473 g/mol. The van der Waals surface area contributed by atoms with Gasteiger partial charge >= 0.3 is 0 Å². The van der Waals surface area contributed by atoms with E-state index < -0.39 is 0 Å². The van der Waals surface area contributed by atoms with Gasteiger partial charge in [-0.3, -0.25) is 0 Å². The molecule has 0 N–H and O–H groups in total. The number of nitrogens with zero attached hydrogens (tertiary/aromatic N) is 2. The topological polar surface area (TPSA) is 25.4 Å². The van der Waals surface area contributed by atoms with Crippen molar-refractivity contribution >= 4 is 12.4 Å². The maximum Gasteiger partial charge on any atom is 0.214 e. The van der Waals surface area contributed by atoms with E-state index in [9.17, 15) is 8.78 Å². The Morgan fingerprint density at radius 2 is 1.36 bits per heavy atom. The molecule has 1 aliphatic heterocycles. The Morgan fingerprint density at radius 3 is 2.03 bits per heavy atom. The van der Waals surface area contributed by atoms with Crippen LogP contribution in [0.15, 0.2) is 60.7 Å². The van der Waals surface area contributed by atoms with Gasteiger partial charge in [0.25, 0.3) is 0 Å². The Labute approximate surface area is 201 Å². The van der Waals surface area contributed by atoms with Crippen LogP contribution in [0.4, 0.5) is 8.78 Å². The molecule has 3 aromatic rings. The molecule has 0 unspecified atom stereocenters. The number of likely N-dealkylation sites (tertiary alicyclic amines) is 1. The van der Waals surface area contributed by atoms with Crippen LogP contribution < -0.4 is 4.74 Å². The first-order chi connectivity index (χ1) is 15.7. The molecule has 4 rings (SSSR count). The second-order valence-corrected chi connectivity index (χ2v) is 8.40. The predicted octanol–water partition coefficient (Wildman–Crippen LogP) is 7.15. The Kier molecular flexibility index (Phi) is 9.64. The van der Waals surface area contributed by atoms with Gasteiger partial charge in [0.05, 0.1) is 12.3 Å². The Hall–Kier alpha value is -2.50. The second kappa shape index (κ2) is 12.7. The van der Waals surface area contributed by atoms with Crippen LogP contribution >= 0.6 is 12.4 Å². The van der Waals surface area contributed by atoms with Gasteiger partial charge in [-0.05, 0) is 105 Å². The first-order valence-electron chi connectivity index (χ1n) is 11.6. The van der Waals surface area contributed by atoms with Crippen LogP contribution in [-0.4, -0.2) is 36.1 Å². The summed E-state index contributed by atoms with van der Waals surface area (Å²) in [4.78, 5) is 7.20. The third-order valence-electron chi connectivity index (χ3n) is 5.94. The SMILES string of the molecule is Cl.Fc1ccc(-c2cc(OCCCCCN3CCCCC3)nc(-c3ccc(F)cc3)c2)cc1. The van der Waals surface area contributed by atoms with Gasteiger partial charge in [-0.2, -0.15) is 0 Å². The molecule has 0 radical (unpaired) electrons. The van der Waals surface area contributed by atoms with Gasteiger partial charge in [0.15, 0.2) is 0 Å². The highest BCUT2D eigenvalue weighted by molar-refractivity contribution is 5.85. The Morgan fingerprint density at radius 1 is 0.727 bits per heavy atom. The molecule has 1 aliphatic rings. The zero-order valence-corrected chi connectivity index (χ0v) is 19.6. The molecule has 0 atom stereocenters. The van der Waals surface area contributed by atoms with Gasteiger partial charge < -0.3 is 9.64 Å². The molecular weight excluding hydrogens is 442 g/mol. The molecule has 176 valence electrons. The van der Waals surface area contributed by atoms with Gasteiger partial charge in [0.2, 0.25) is 5.88 Å². The third kappa shape index (κ3) is 7.51. The minimum atomic E-state index is -0.288. The predicted molar refractivity (Wildman–Crippen MR) is 132 cm³/mol. The number of hydrogen-bond donors (Lipinski definition) is 0. The summed E-state index contributed by atoms with van der Waals surface area (Å²) in [6.45, 7) is 4.25. The zero-order valence-electron chi connectivity index (χ0n) is 18.8. The summed E-state index contributed by atoms with van der Waals surface area (Å²) >= 11 is 0. The summed E-state index contributed by atoms with van der Waals surface area (Å²) in [6.07, 6.45) is 7.31. The Balaban J connectivity index is 0.00000306. The number of piperidine rings is 1. The largest absolute Gasteiger partial charge is 0.478 e. The molecule has 0 spiro atoms. The van der Waals surface area contributed by atoms with E-state index in [2.05, 4.69) is 9.88 Å². The number of ether oxygens (including phenoxy) is 1. The van der Waals surface area contributed by atoms with Crippen molar-refractivity contribution in [3.63, 3.8) is 0 Å². The van der Waals surface area contributed by atoms with E-state index in [-0.39, 0.29) is 24.0 Å². The summed E-state index contributed by atoms with van der Waals surface area (Å²) in [6, 6.07) is 16.4. The standard InChI is InChI=1S/C27H30F2N2O.ClH/c28-24-11-7-21(8-12-24)23-19-26(22-9-13-25(29)14-10-22)30-27(20-23)32-18-6-2-5-17-31-15-3-1-4-16-31;/h7-14,19-20H,1-6,15-18H2;1H. The fraction of sp³-hybridized carbons (Fsp3) is 0.370. The zero-order chi connectivity index (χ0) is 22.2. The lowest BCUT2D eigenvalue weighted by molar-refractivity contribution is 0.220. The molecular formula is C27H31ClF2N2O. The summed E-state index contributed by atoms with van der Waals surface area (Å²) in [7, 11) is 0. The summed E-state index contributed by atoms with van der Waals surface area (Å²) in [5.41, 5.74) is 3.27.